The third kappa shape index (κ3) is 13.5. The third-order valence-corrected chi connectivity index (χ3v) is 12.4. The summed E-state index contributed by atoms with van der Waals surface area (Å²) in [6.45, 7) is 9.17. The average Bonchev–Trinajstić information content (AvgIpc) is 3.12. The van der Waals surface area contributed by atoms with Crippen molar-refractivity contribution in [3.8, 4) is 33.4 Å². The highest BCUT2D eigenvalue weighted by Gasteiger charge is 2.18. The van der Waals surface area contributed by atoms with Gasteiger partial charge in [0.2, 0.25) is 0 Å². The van der Waals surface area contributed by atoms with Crippen LogP contribution >= 0.6 is 61.7 Å². The number of hydrogen-bond donors (Lipinski definition) is 0. The van der Waals surface area contributed by atoms with Crippen molar-refractivity contribution in [1.29, 1.82) is 0 Å². The summed E-state index contributed by atoms with van der Waals surface area (Å²) >= 11 is 20.1. The summed E-state index contributed by atoms with van der Waals surface area (Å²) in [4.78, 5) is 0. The Hall–Kier alpha value is -1.33. The van der Waals surface area contributed by atoms with E-state index in [2.05, 4.69) is 121 Å². The standard InChI is InChI=1S/C48H62BrCl2I/c1-5-9-13-17-21-35-31-46(41-26-42(49)34-44(51)29-41)36(22-18-14-10-6-2)30-45(35)39-25-40(28-43(50)27-39)47-32-38(24-20-16-12-8-4)48(52)33-37(47)23-19-15-11-7-3/h25-34H,5-24H2,1-4H3. The summed E-state index contributed by atoms with van der Waals surface area (Å²) in [6, 6.07) is 23.2. The van der Waals surface area contributed by atoms with E-state index >= 15 is 0 Å². The van der Waals surface area contributed by atoms with Crippen LogP contribution in [0, 0.1) is 3.57 Å². The first-order chi connectivity index (χ1) is 25.3. The van der Waals surface area contributed by atoms with Crippen LogP contribution in [0.25, 0.3) is 33.4 Å². The van der Waals surface area contributed by atoms with Crippen molar-refractivity contribution < 1.29 is 0 Å². The molecule has 0 saturated heterocycles. The van der Waals surface area contributed by atoms with Crippen molar-refractivity contribution >= 4 is 61.7 Å². The highest BCUT2D eigenvalue weighted by Crippen LogP contribution is 2.40. The monoisotopic (exact) mass is 914 g/mol. The molecule has 4 aromatic carbocycles. The Balaban J connectivity index is 1.87. The molecular weight excluding hydrogens is 854 g/mol. The second-order valence-electron chi connectivity index (χ2n) is 14.9. The SMILES string of the molecule is CCCCCCc1cc(-c2cc(Cl)cc(-c3cc(CCCCCC)c(-c4cc(Cl)cc(Br)c4)cc3CCCCCC)c2)c(CCCCCC)cc1I. The first-order valence-electron chi connectivity index (χ1n) is 20.5. The normalized spacial score (nSPS) is 11.5. The molecule has 0 radical (unpaired) electrons. The van der Waals surface area contributed by atoms with Crippen LogP contribution in [-0.4, -0.2) is 0 Å². The van der Waals surface area contributed by atoms with E-state index in [0.29, 0.717) is 0 Å². The second-order valence-corrected chi connectivity index (χ2v) is 17.8. The predicted molar refractivity (Wildman–Crippen MR) is 245 cm³/mol. The maximum atomic E-state index is 7.13. The van der Waals surface area contributed by atoms with Crippen LogP contribution in [0.3, 0.4) is 0 Å². The van der Waals surface area contributed by atoms with E-state index in [1.807, 2.05) is 6.07 Å². The molecule has 0 fully saturated rings. The van der Waals surface area contributed by atoms with Crippen LogP contribution in [-0.2, 0) is 25.7 Å². The quantitative estimate of drug-likeness (QED) is 0.0514. The van der Waals surface area contributed by atoms with Crippen LogP contribution in [0.1, 0.15) is 153 Å². The summed E-state index contributed by atoms with van der Waals surface area (Å²) < 4.78 is 2.43. The summed E-state index contributed by atoms with van der Waals surface area (Å²) in [5.74, 6) is 0. The van der Waals surface area contributed by atoms with Gasteiger partial charge in [0.25, 0.3) is 0 Å². The molecule has 0 amide bonds. The minimum Gasteiger partial charge on any atom is -0.0843 e. The molecule has 0 heterocycles. The van der Waals surface area contributed by atoms with Gasteiger partial charge in [0.15, 0.2) is 0 Å². The number of unbranched alkanes of at least 4 members (excludes halogenated alkanes) is 12. The number of halogens is 4. The molecule has 4 heteroatoms. The molecule has 52 heavy (non-hydrogen) atoms. The van der Waals surface area contributed by atoms with Gasteiger partial charge in [-0.2, -0.15) is 0 Å². The molecule has 0 aromatic heterocycles. The molecule has 282 valence electrons. The van der Waals surface area contributed by atoms with E-state index in [9.17, 15) is 0 Å². The minimum atomic E-state index is 0.766. The lowest BCUT2D eigenvalue weighted by molar-refractivity contribution is 0.663. The van der Waals surface area contributed by atoms with Gasteiger partial charge in [-0.25, -0.2) is 0 Å². The molecule has 0 aliphatic carbocycles. The zero-order chi connectivity index (χ0) is 37.3. The van der Waals surface area contributed by atoms with Gasteiger partial charge in [0, 0.05) is 18.1 Å². The Labute approximate surface area is 349 Å². The van der Waals surface area contributed by atoms with E-state index in [1.54, 1.807) is 0 Å². The zero-order valence-electron chi connectivity index (χ0n) is 32.4. The molecule has 0 spiro atoms. The molecule has 0 bridgehead atoms. The predicted octanol–water partition coefficient (Wildman–Crippen LogP) is 17.9. The molecular formula is C48H62BrCl2I. The molecule has 0 saturated carbocycles. The van der Waals surface area contributed by atoms with Crippen molar-refractivity contribution in [3.63, 3.8) is 0 Å². The van der Waals surface area contributed by atoms with Crippen molar-refractivity contribution in [2.75, 3.05) is 0 Å². The molecule has 4 rings (SSSR count). The number of hydrogen-bond acceptors (Lipinski definition) is 0. The largest absolute Gasteiger partial charge is 0.0843 e. The molecule has 0 atom stereocenters. The van der Waals surface area contributed by atoms with Crippen molar-refractivity contribution in [2.45, 2.75) is 156 Å². The second kappa shape index (κ2) is 23.6. The molecule has 4 aromatic rings. The van der Waals surface area contributed by atoms with E-state index in [4.69, 9.17) is 23.2 Å². The fourth-order valence-electron chi connectivity index (χ4n) is 7.55. The summed E-state index contributed by atoms with van der Waals surface area (Å²) in [7, 11) is 0. The van der Waals surface area contributed by atoms with E-state index < -0.39 is 0 Å². The minimum absolute atomic E-state index is 0.766. The lowest BCUT2D eigenvalue weighted by Gasteiger charge is -2.20. The van der Waals surface area contributed by atoms with E-state index in [1.165, 1.54) is 162 Å². The molecule has 0 aliphatic rings. The number of benzene rings is 4. The van der Waals surface area contributed by atoms with Gasteiger partial charge < -0.3 is 0 Å². The highest BCUT2D eigenvalue weighted by molar-refractivity contribution is 14.1. The Morgan fingerprint density at radius 1 is 0.404 bits per heavy atom. The van der Waals surface area contributed by atoms with Gasteiger partial charge >= 0.3 is 0 Å². The van der Waals surface area contributed by atoms with Gasteiger partial charge in [-0.1, -0.05) is 156 Å². The van der Waals surface area contributed by atoms with E-state index in [0.717, 1.165) is 40.2 Å². The highest BCUT2D eigenvalue weighted by atomic mass is 127. The first-order valence-corrected chi connectivity index (χ1v) is 23.1. The van der Waals surface area contributed by atoms with Gasteiger partial charge in [-0.05, 0) is 178 Å². The summed E-state index contributed by atoms with van der Waals surface area (Å²) in [5.41, 5.74) is 13.5. The van der Waals surface area contributed by atoms with Crippen molar-refractivity contribution in [3.05, 3.63) is 101 Å². The Morgan fingerprint density at radius 2 is 0.750 bits per heavy atom. The maximum Gasteiger partial charge on any atom is 0.0423 e. The Kier molecular flexibility index (Phi) is 19.7. The van der Waals surface area contributed by atoms with Gasteiger partial charge in [0.05, 0.1) is 0 Å². The van der Waals surface area contributed by atoms with Crippen LogP contribution < -0.4 is 0 Å². The third-order valence-electron chi connectivity index (χ3n) is 10.5. The van der Waals surface area contributed by atoms with Crippen LogP contribution in [0.4, 0.5) is 0 Å². The first kappa shape index (κ1) is 43.4. The fraction of sp³-hybridized carbons (Fsp3) is 0.500. The van der Waals surface area contributed by atoms with E-state index in [-0.39, 0.29) is 0 Å². The van der Waals surface area contributed by atoms with Crippen LogP contribution in [0.2, 0.25) is 10.0 Å². The van der Waals surface area contributed by atoms with Crippen LogP contribution in [0.5, 0.6) is 0 Å². The maximum absolute atomic E-state index is 7.13. The molecule has 0 aliphatic heterocycles. The number of rotatable bonds is 23. The summed E-state index contributed by atoms with van der Waals surface area (Å²) in [6.07, 6.45) is 24.4. The smallest absolute Gasteiger partial charge is 0.0423 e. The van der Waals surface area contributed by atoms with Gasteiger partial charge in [-0.3, -0.25) is 0 Å². The zero-order valence-corrected chi connectivity index (χ0v) is 37.7. The lowest BCUT2D eigenvalue weighted by Crippen LogP contribution is -2.00. The van der Waals surface area contributed by atoms with Gasteiger partial charge in [0.1, 0.15) is 0 Å². The Morgan fingerprint density at radius 3 is 1.15 bits per heavy atom. The summed E-state index contributed by atoms with van der Waals surface area (Å²) in [5, 5.41) is 1.58. The Bertz CT molecular complexity index is 1670. The van der Waals surface area contributed by atoms with Gasteiger partial charge in [-0.15, -0.1) is 0 Å². The molecule has 0 N–H and O–H groups in total. The fourth-order valence-corrected chi connectivity index (χ4v) is 9.44. The average molecular weight is 917 g/mol. The molecule has 0 unspecified atom stereocenters. The van der Waals surface area contributed by atoms with Crippen LogP contribution in [0.15, 0.2) is 65.1 Å². The topological polar surface area (TPSA) is 0 Å². The van der Waals surface area contributed by atoms with Crippen molar-refractivity contribution in [1.82, 2.24) is 0 Å². The molecule has 0 nitrogen and oxygen atoms in total. The number of aryl methyl sites for hydroxylation is 4. The lowest BCUT2D eigenvalue weighted by atomic mass is 9.85. The van der Waals surface area contributed by atoms with Crippen molar-refractivity contribution in [2.24, 2.45) is 0 Å².